The molecule has 8 aromatic rings. The first-order chi connectivity index (χ1) is 23.5. The molecule has 5 aromatic heterocycles. The van der Waals surface area contributed by atoms with Crippen LogP contribution in [0.1, 0.15) is 19.5 Å². The maximum atomic E-state index is 7.62. The van der Waals surface area contributed by atoms with Gasteiger partial charge in [0.15, 0.2) is 0 Å². The Labute approximate surface area is 277 Å². The van der Waals surface area contributed by atoms with Gasteiger partial charge in [0.2, 0.25) is 5.71 Å². The largest absolute Gasteiger partial charge is 0.486 e. The van der Waals surface area contributed by atoms with Gasteiger partial charge in [0.05, 0.1) is 5.58 Å². The number of hydrogen-bond donors (Lipinski definition) is 0. The monoisotopic (exact) mass is 753 g/mol. The van der Waals surface area contributed by atoms with Gasteiger partial charge in [0, 0.05) is 69.6 Å². The summed E-state index contributed by atoms with van der Waals surface area (Å²) in [5.74, 6) is 0. The number of aromatic nitrogens is 4. The Kier molecular flexibility index (Phi) is 6.48. The molecule has 0 saturated heterocycles. The van der Waals surface area contributed by atoms with Gasteiger partial charge < -0.3 is 14.4 Å². The average molecular weight is 753 g/mol. The molecule has 0 unspecified atom stereocenters. The molecule has 0 aliphatic rings. The number of rotatable bonds is 3. The third-order valence-corrected chi connectivity index (χ3v) is 7.04. The fourth-order valence-electron chi connectivity index (χ4n) is 4.93. The Morgan fingerprint density at radius 2 is 1.66 bits per heavy atom. The van der Waals surface area contributed by atoms with Crippen LogP contribution >= 0.6 is 0 Å². The number of aryl methyl sites for hydroxylation is 2. The van der Waals surface area contributed by atoms with Crippen LogP contribution in [0.5, 0.6) is 0 Å². The molecule has 0 atom stereocenters. The minimum atomic E-state index is -2.30. The summed E-state index contributed by atoms with van der Waals surface area (Å²) >= 11 is 0. The normalized spacial score (nSPS) is 13.4. The van der Waals surface area contributed by atoms with Crippen molar-refractivity contribution in [1.29, 1.82) is 0 Å². The van der Waals surface area contributed by atoms with E-state index >= 15 is 0 Å². The molecule has 0 amide bonds. The molecule has 5 nitrogen and oxygen atoms in total. The zero-order valence-corrected chi connectivity index (χ0v) is 25.5. The summed E-state index contributed by atoms with van der Waals surface area (Å²) in [4.78, 5) is 17.1. The molecule has 8 rings (SSSR count). The molecule has 215 valence electrons. The molecule has 0 spiro atoms. The standard InChI is InChI=1S/C26H16N3O.C12H10N.Ir/c1-16-5-8-22-21-3-2-4-23(25(21)30-26(22)29-16)24-14-19(10-12-28-24)17-6-7-20-15-27-11-9-18(20)13-17;1-10-7-8-12(13-9-10)11-5-3-2-4-6-11;/h2-3,5-15H,1H3;2-5,7-9H,1H3;/q2*-1;/i2*1D3;. The zero-order valence-electron chi connectivity index (χ0n) is 29.1. The van der Waals surface area contributed by atoms with Gasteiger partial charge in [-0.3, -0.25) is 4.98 Å². The quantitative estimate of drug-likeness (QED) is 0.169. The van der Waals surface area contributed by atoms with Crippen molar-refractivity contribution in [1.82, 2.24) is 19.9 Å². The number of nitrogens with zero attached hydrogens (tertiary/aromatic N) is 4. The maximum absolute atomic E-state index is 7.62. The average Bonchev–Trinajstić information content (AvgIpc) is 3.50. The molecule has 6 heteroatoms. The number of hydrogen-bond acceptors (Lipinski definition) is 5. The van der Waals surface area contributed by atoms with Gasteiger partial charge in [-0.25, -0.2) is 4.98 Å². The Bertz CT molecular complexity index is 2430. The fourth-order valence-corrected chi connectivity index (χ4v) is 4.93. The summed E-state index contributed by atoms with van der Waals surface area (Å²) in [6, 6.07) is 36.2. The van der Waals surface area contributed by atoms with Crippen LogP contribution in [0.4, 0.5) is 0 Å². The second kappa shape index (κ2) is 12.7. The van der Waals surface area contributed by atoms with E-state index in [4.69, 9.17) is 12.6 Å². The molecule has 44 heavy (non-hydrogen) atoms. The van der Waals surface area contributed by atoms with Gasteiger partial charge in [-0.05, 0) is 77.5 Å². The Hall–Kier alpha value is -5.03. The molecule has 0 aliphatic carbocycles. The topological polar surface area (TPSA) is 64.7 Å². The third kappa shape index (κ3) is 5.91. The molecular formula is C38H26IrN4O-2. The summed E-state index contributed by atoms with van der Waals surface area (Å²) in [5, 5.41) is 3.80. The molecular weight excluding hydrogens is 721 g/mol. The van der Waals surface area contributed by atoms with E-state index in [0.717, 1.165) is 43.9 Å². The van der Waals surface area contributed by atoms with Crippen LogP contribution < -0.4 is 0 Å². The van der Waals surface area contributed by atoms with Crippen LogP contribution in [-0.4, -0.2) is 19.9 Å². The summed E-state index contributed by atoms with van der Waals surface area (Å²) in [5.41, 5.74) is 6.22. The number of fused-ring (bicyclic) bond motifs is 4. The summed E-state index contributed by atoms with van der Waals surface area (Å²) in [6.45, 7) is -4.39. The van der Waals surface area contributed by atoms with Crippen LogP contribution in [0, 0.1) is 25.8 Å². The molecule has 0 saturated carbocycles. The number of benzene rings is 3. The number of pyridine rings is 4. The summed E-state index contributed by atoms with van der Waals surface area (Å²) in [6.07, 6.45) is 6.79. The molecule has 0 bridgehead atoms. The van der Waals surface area contributed by atoms with E-state index in [2.05, 4.69) is 50.3 Å². The molecule has 0 fully saturated rings. The molecule has 3 aromatic carbocycles. The predicted octanol–water partition coefficient (Wildman–Crippen LogP) is 9.22. The van der Waals surface area contributed by atoms with E-state index in [-0.39, 0.29) is 31.4 Å². The van der Waals surface area contributed by atoms with Gasteiger partial charge >= 0.3 is 0 Å². The van der Waals surface area contributed by atoms with Gasteiger partial charge in [-0.15, -0.1) is 54.1 Å². The Balaban J connectivity index is 0.000000215. The zero-order chi connectivity index (χ0) is 34.2. The van der Waals surface area contributed by atoms with Crippen LogP contribution in [0.2, 0.25) is 0 Å². The van der Waals surface area contributed by atoms with Crippen molar-refractivity contribution in [3.05, 3.63) is 145 Å². The van der Waals surface area contributed by atoms with Crippen molar-refractivity contribution < 1.29 is 32.7 Å². The number of furan rings is 1. The van der Waals surface area contributed by atoms with Crippen molar-refractivity contribution in [2.24, 2.45) is 0 Å². The van der Waals surface area contributed by atoms with Crippen LogP contribution in [-0.2, 0) is 20.1 Å². The summed E-state index contributed by atoms with van der Waals surface area (Å²) < 4.78 is 50.6. The van der Waals surface area contributed by atoms with Crippen molar-refractivity contribution in [3.63, 3.8) is 0 Å². The molecule has 5 heterocycles. The first-order valence-corrected chi connectivity index (χ1v) is 13.5. The van der Waals surface area contributed by atoms with Crippen molar-refractivity contribution in [3.8, 4) is 33.6 Å². The minimum Gasteiger partial charge on any atom is -0.486 e. The van der Waals surface area contributed by atoms with E-state index in [1.165, 1.54) is 12.3 Å². The maximum Gasteiger partial charge on any atom is 0.216 e. The predicted molar refractivity (Wildman–Crippen MR) is 172 cm³/mol. The van der Waals surface area contributed by atoms with E-state index in [0.29, 0.717) is 22.6 Å². The smallest absolute Gasteiger partial charge is 0.216 e. The third-order valence-electron chi connectivity index (χ3n) is 7.04. The van der Waals surface area contributed by atoms with Crippen LogP contribution in [0.3, 0.4) is 0 Å². The van der Waals surface area contributed by atoms with Crippen molar-refractivity contribution >= 4 is 32.8 Å². The van der Waals surface area contributed by atoms with Gasteiger partial charge in [0.1, 0.15) is 0 Å². The summed E-state index contributed by atoms with van der Waals surface area (Å²) in [7, 11) is 0. The van der Waals surface area contributed by atoms with Crippen LogP contribution in [0.15, 0.2) is 126 Å². The molecule has 0 aliphatic heterocycles. The van der Waals surface area contributed by atoms with E-state index in [1.54, 1.807) is 36.7 Å². The molecule has 1 radical (unpaired) electrons. The van der Waals surface area contributed by atoms with Crippen LogP contribution in [0.25, 0.3) is 66.5 Å². The Morgan fingerprint density at radius 1 is 0.705 bits per heavy atom. The minimum absolute atomic E-state index is 0. The van der Waals surface area contributed by atoms with Gasteiger partial charge in [-0.1, -0.05) is 41.3 Å². The molecule has 0 N–H and O–H groups in total. The SMILES string of the molecule is [2H]C([2H])([2H])c1ccc(-c2[c-]cccc2)nc1.[2H]C([2H])([2H])c1ccc2c(n1)oc1c(-c3cc(-c4ccc5cnccc5c4)ccn3)[c-]ccc12.[Ir]. The fraction of sp³-hybridized carbons (Fsp3) is 0.0526. The second-order valence-corrected chi connectivity index (χ2v) is 9.82. The Morgan fingerprint density at radius 3 is 2.50 bits per heavy atom. The van der Waals surface area contributed by atoms with E-state index in [9.17, 15) is 0 Å². The van der Waals surface area contributed by atoms with Gasteiger partial charge in [-0.2, -0.15) is 0 Å². The first kappa shape index (κ1) is 22.5. The first-order valence-electron chi connectivity index (χ1n) is 16.5. The van der Waals surface area contributed by atoms with Crippen molar-refractivity contribution in [2.45, 2.75) is 13.7 Å². The van der Waals surface area contributed by atoms with E-state index < -0.39 is 13.7 Å². The second-order valence-electron chi connectivity index (χ2n) is 9.82. The van der Waals surface area contributed by atoms with Crippen molar-refractivity contribution in [2.75, 3.05) is 0 Å². The van der Waals surface area contributed by atoms with Gasteiger partial charge in [0.25, 0.3) is 0 Å². The van der Waals surface area contributed by atoms with E-state index in [1.807, 2.05) is 54.7 Å².